The van der Waals surface area contributed by atoms with Gasteiger partial charge in [-0.05, 0) is 12.5 Å². The number of terminal acetylenes is 1. The Bertz CT molecular complexity index is 328. The Morgan fingerprint density at radius 3 is 2.93 bits per heavy atom. The molecule has 0 aliphatic heterocycles. The third-order valence-corrected chi connectivity index (χ3v) is 1.98. The lowest BCUT2D eigenvalue weighted by Gasteiger charge is -2.10. The zero-order chi connectivity index (χ0) is 10.9. The largest absolute Gasteiger partial charge is 0.493 e. The van der Waals surface area contributed by atoms with Crippen molar-refractivity contribution in [2.75, 3.05) is 13.2 Å². The highest BCUT2D eigenvalue weighted by atomic mass is 16.5. The minimum absolute atomic E-state index is 0.585. The van der Waals surface area contributed by atoms with Gasteiger partial charge in [0.2, 0.25) is 0 Å². The van der Waals surface area contributed by atoms with E-state index in [0.717, 1.165) is 30.9 Å². The maximum absolute atomic E-state index is 5.63. The molecule has 0 bridgehead atoms. The first-order valence-electron chi connectivity index (χ1n) is 5.23. The Hall–Kier alpha value is -1.46. The number of hydrogen-bond donors (Lipinski definition) is 1. The SMILES string of the molecule is C#CCNCc1ccccc1OCCC. The molecule has 0 fully saturated rings. The Morgan fingerprint density at radius 1 is 1.40 bits per heavy atom. The van der Waals surface area contributed by atoms with Gasteiger partial charge in [0.1, 0.15) is 5.75 Å². The van der Waals surface area contributed by atoms with Crippen LogP contribution in [0.4, 0.5) is 0 Å². The third-order valence-electron chi connectivity index (χ3n) is 1.98. The third kappa shape index (κ3) is 4.05. The summed E-state index contributed by atoms with van der Waals surface area (Å²) in [6.45, 7) is 4.19. The van der Waals surface area contributed by atoms with E-state index >= 15 is 0 Å². The van der Waals surface area contributed by atoms with E-state index in [1.165, 1.54) is 0 Å². The molecule has 1 rings (SSSR count). The first-order valence-corrected chi connectivity index (χ1v) is 5.23. The summed E-state index contributed by atoms with van der Waals surface area (Å²) in [5.41, 5.74) is 1.15. The molecule has 0 aliphatic carbocycles. The molecule has 0 saturated carbocycles. The molecule has 1 aromatic rings. The van der Waals surface area contributed by atoms with E-state index in [4.69, 9.17) is 11.2 Å². The molecule has 0 aromatic heterocycles. The van der Waals surface area contributed by atoms with E-state index in [-0.39, 0.29) is 0 Å². The van der Waals surface area contributed by atoms with Gasteiger partial charge in [0, 0.05) is 12.1 Å². The maximum Gasteiger partial charge on any atom is 0.123 e. The second kappa shape index (κ2) is 6.92. The molecule has 0 atom stereocenters. The predicted molar refractivity (Wildman–Crippen MR) is 62.8 cm³/mol. The molecule has 1 N–H and O–H groups in total. The number of rotatable bonds is 6. The number of ether oxygens (including phenoxy) is 1. The number of nitrogens with one attached hydrogen (secondary N) is 1. The van der Waals surface area contributed by atoms with E-state index < -0.39 is 0 Å². The predicted octanol–water partition coefficient (Wildman–Crippen LogP) is 2.20. The summed E-state index contributed by atoms with van der Waals surface area (Å²) >= 11 is 0. The van der Waals surface area contributed by atoms with Crippen LogP contribution in [0.15, 0.2) is 24.3 Å². The smallest absolute Gasteiger partial charge is 0.123 e. The minimum atomic E-state index is 0.585. The zero-order valence-corrected chi connectivity index (χ0v) is 9.12. The lowest BCUT2D eigenvalue weighted by molar-refractivity contribution is 0.313. The van der Waals surface area contributed by atoms with E-state index in [1.807, 2.05) is 18.2 Å². The van der Waals surface area contributed by atoms with Crippen LogP contribution in [0.2, 0.25) is 0 Å². The second-order valence-corrected chi connectivity index (χ2v) is 3.26. The number of hydrogen-bond acceptors (Lipinski definition) is 2. The van der Waals surface area contributed by atoms with Crippen LogP contribution < -0.4 is 10.1 Å². The summed E-state index contributed by atoms with van der Waals surface area (Å²) in [5, 5.41) is 3.15. The standard InChI is InChI=1S/C13H17NO/c1-3-9-14-11-12-7-5-6-8-13(12)15-10-4-2/h1,5-8,14H,4,9-11H2,2H3. The van der Waals surface area contributed by atoms with Crippen LogP contribution >= 0.6 is 0 Å². The molecular formula is C13H17NO. The quantitative estimate of drug-likeness (QED) is 0.565. The van der Waals surface area contributed by atoms with Gasteiger partial charge >= 0.3 is 0 Å². The van der Waals surface area contributed by atoms with Gasteiger partial charge in [0.25, 0.3) is 0 Å². The van der Waals surface area contributed by atoms with E-state index in [1.54, 1.807) is 0 Å². The van der Waals surface area contributed by atoms with Crippen LogP contribution in [-0.4, -0.2) is 13.2 Å². The van der Waals surface area contributed by atoms with E-state index in [2.05, 4.69) is 24.2 Å². The van der Waals surface area contributed by atoms with Gasteiger partial charge < -0.3 is 10.1 Å². The van der Waals surface area contributed by atoms with Gasteiger partial charge in [0.05, 0.1) is 13.2 Å². The topological polar surface area (TPSA) is 21.3 Å². The summed E-state index contributed by atoms with van der Waals surface area (Å²) in [4.78, 5) is 0. The lowest BCUT2D eigenvalue weighted by atomic mass is 10.2. The summed E-state index contributed by atoms with van der Waals surface area (Å²) in [6.07, 6.45) is 6.19. The molecule has 0 spiro atoms. The van der Waals surface area contributed by atoms with Gasteiger partial charge in [-0.25, -0.2) is 0 Å². The Kier molecular flexibility index (Phi) is 5.35. The highest BCUT2D eigenvalue weighted by Gasteiger charge is 2.00. The summed E-state index contributed by atoms with van der Waals surface area (Å²) in [5.74, 6) is 3.50. The van der Waals surface area contributed by atoms with Gasteiger partial charge in [-0.1, -0.05) is 31.0 Å². The average molecular weight is 203 g/mol. The Labute approximate surface area is 91.6 Å². The number of para-hydroxylation sites is 1. The second-order valence-electron chi connectivity index (χ2n) is 3.26. The first kappa shape index (κ1) is 11.6. The summed E-state index contributed by atoms with van der Waals surface area (Å²) < 4.78 is 5.63. The Balaban J connectivity index is 2.56. The van der Waals surface area contributed by atoms with Gasteiger partial charge in [-0.15, -0.1) is 6.42 Å². The Morgan fingerprint density at radius 2 is 2.20 bits per heavy atom. The average Bonchev–Trinajstić information content (AvgIpc) is 2.28. The van der Waals surface area contributed by atoms with Crippen molar-refractivity contribution in [1.82, 2.24) is 5.32 Å². The van der Waals surface area contributed by atoms with E-state index in [9.17, 15) is 0 Å². The molecule has 1 aromatic carbocycles. The van der Waals surface area contributed by atoms with E-state index in [0.29, 0.717) is 6.54 Å². The molecule has 2 heteroatoms. The van der Waals surface area contributed by atoms with Crippen LogP contribution in [0.5, 0.6) is 5.75 Å². The molecule has 0 saturated heterocycles. The fraction of sp³-hybridized carbons (Fsp3) is 0.385. The monoisotopic (exact) mass is 203 g/mol. The van der Waals surface area contributed by atoms with Crippen LogP contribution in [0, 0.1) is 12.3 Å². The van der Waals surface area contributed by atoms with Crippen molar-refractivity contribution in [2.45, 2.75) is 19.9 Å². The highest BCUT2D eigenvalue weighted by molar-refractivity contribution is 5.33. The highest BCUT2D eigenvalue weighted by Crippen LogP contribution is 2.17. The van der Waals surface area contributed by atoms with Crippen molar-refractivity contribution < 1.29 is 4.74 Å². The van der Waals surface area contributed by atoms with Crippen molar-refractivity contribution >= 4 is 0 Å². The molecule has 0 unspecified atom stereocenters. The van der Waals surface area contributed by atoms with Crippen LogP contribution in [-0.2, 0) is 6.54 Å². The molecule has 0 heterocycles. The maximum atomic E-state index is 5.63. The van der Waals surface area contributed by atoms with Gasteiger partial charge in [-0.2, -0.15) is 0 Å². The molecular weight excluding hydrogens is 186 g/mol. The molecule has 15 heavy (non-hydrogen) atoms. The van der Waals surface area contributed by atoms with Gasteiger partial charge in [0.15, 0.2) is 0 Å². The summed E-state index contributed by atoms with van der Waals surface area (Å²) in [7, 11) is 0. The molecule has 0 aliphatic rings. The first-order chi connectivity index (χ1) is 7.38. The molecule has 80 valence electrons. The minimum Gasteiger partial charge on any atom is -0.493 e. The number of benzene rings is 1. The summed E-state index contributed by atoms with van der Waals surface area (Å²) in [6, 6.07) is 8.03. The van der Waals surface area contributed by atoms with Crippen LogP contribution in [0.25, 0.3) is 0 Å². The van der Waals surface area contributed by atoms with Crippen LogP contribution in [0.1, 0.15) is 18.9 Å². The van der Waals surface area contributed by atoms with Crippen molar-refractivity contribution in [2.24, 2.45) is 0 Å². The van der Waals surface area contributed by atoms with Gasteiger partial charge in [-0.3, -0.25) is 0 Å². The molecule has 0 amide bonds. The molecule has 2 nitrogen and oxygen atoms in total. The molecule has 0 radical (unpaired) electrons. The normalized spacial score (nSPS) is 9.60. The lowest BCUT2D eigenvalue weighted by Crippen LogP contribution is -2.14. The van der Waals surface area contributed by atoms with Crippen molar-refractivity contribution in [3.63, 3.8) is 0 Å². The zero-order valence-electron chi connectivity index (χ0n) is 9.12. The fourth-order valence-corrected chi connectivity index (χ4v) is 1.27. The van der Waals surface area contributed by atoms with Crippen molar-refractivity contribution in [3.05, 3.63) is 29.8 Å². The van der Waals surface area contributed by atoms with Crippen molar-refractivity contribution in [1.29, 1.82) is 0 Å². The van der Waals surface area contributed by atoms with Crippen molar-refractivity contribution in [3.8, 4) is 18.1 Å². The fourth-order valence-electron chi connectivity index (χ4n) is 1.27. The van der Waals surface area contributed by atoms with Crippen LogP contribution in [0.3, 0.4) is 0 Å².